The number of carbonyl (C=O) groups is 2. The zero-order valence-electron chi connectivity index (χ0n) is 12.4. The molecule has 114 valence electrons. The molecular formula is C16H21NO4. The van der Waals surface area contributed by atoms with Crippen molar-refractivity contribution in [2.45, 2.75) is 38.6 Å². The monoisotopic (exact) mass is 291 g/mol. The summed E-state index contributed by atoms with van der Waals surface area (Å²) in [4.78, 5) is 23.7. The van der Waals surface area contributed by atoms with E-state index < -0.39 is 0 Å². The van der Waals surface area contributed by atoms with Gasteiger partial charge in [-0.1, -0.05) is 6.07 Å². The molecule has 0 atom stereocenters. The summed E-state index contributed by atoms with van der Waals surface area (Å²) in [5.41, 5.74) is 1.07. The molecule has 0 saturated heterocycles. The van der Waals surface area contributed by atoms with Gasteiger partial charge in [0.2, 0.25) is 0 Å². The molecule has 1 aliphatic rings. The summed E-state index contributed by atoms with van der Waals surface area (Å²) < 4.78 is 4.75. The molecule has 2 N–H and O–H groups in total. The fourth-order valence-electron chi connectivity index (χ4n) is 2.77. The van der Waals surface area contributed by atoms with Crippen LogP contribution >= 0.6 is 0 Å². The van der Waals surface area contributed by atoms with E-state index in [1.54, 1.807) is 25.1 Å². The number of benzene rings is 1. The van der Waals surface area contributed by atoms with Crippen LogP contribution in [0.2, 0.25) is 0 Å². The minimum absolute atomic E-state index is 0.0503. The number of phenols is 1. The van der Waals surface area contributed by atoms with Crippen molar-refractivity contribution in [1.29, 1.82) is 0 Å². The lowest BCUT2D eigenvalue weighted by molar-refractivity contribution is -0.146. The van der Waals surface area contributed by atoms with Gasteiger partial charge in [-0.2, -0.15) is 0 Å². The van der Waals surface area contributed by atoms with Crippen LogP contribution in [0.25, 0.3) is 0 Å². The van der Waals surface area contributed by atoms with Crippen LogP contribution in [0.1, 0.15) is 41.6 Å². The Balaban J connectivity index is 1.93. The Labute approximate surface area is 124 Å². The molecule has 0 spiro atoms. The number of aromatic hydroxyl groups is 1. The second-order valence-corrected chi connectivity index (χ2v) is 5.49. The first-order valence-corrected chi connectivity index (χ1v) is 7.20. The van der Waals surface area contributed by atoms with Crippen LogP contribution in [0.5, 0.6) is 5.75 Å². The summed E-state index contributed by atoms with van der Waals surface area (Å²) in [6.07, 6.45) is 3.00. The molecular weight excluding hydrogens is 270 g/mol. The van der Waals surface area contributed by atoms with Crippen molar-refractivity contribution < 1.29 is 19.4 Å². The highest BCUT2D eigenvalue weighted by atomic mass is 16.5. The van der Waals surface area contributed by atoms with Crippen LogP contribution in [-0.2, 0) is 9.53 Å². The summed E-state index contributed by atoms with van der Waals surface area (Å²) >= 11 is 0. The lowest BCUT2D eigenvalue weighted by Gasteiger charge is -2.27. The van der Waals surface area contributed by atoms with E-state index in [4.69, 9.17) is 4.74 Å². The molecule has 0 bridgehead atoms. The maximum Gasteiger partial charge on any atom is 0.308 e. The molecule has 0 radical (unpaired) electrons. The molecule has 1 aromatic rings. The lowest BCUT2D eigenvalue weighted by Crippen LogP contribution is -2.39. The van der Waals surface area contributed by atoms with Crippen molar-refractivity contribution in [2.75, 3.05) is 7.11 Å². The highest BCUT2D eigenvalue weighted by Crippen LogP contribution is 2.26. The fraction of sp³-hybridized carbons (Fsp3) is 0.500. The Morgan fingerprint density at radius 1 is 1.24 bits per heavy atom. The number of amides is 1. The molecule has 0 unspecified atom stereocenters. The van der Waals surface area contributed by atoms with Crippen LogP contribution in [0, 0.1) is 12.8 Å². The molecule has 0 aliphatic heterocycles. The van der Waals surface area contributed by atoms with Crippen LogP contribution in [-0.4, -0.2) is 30.1 Å². The molecule has 0 heterocycles. The van der Waals surface area contributed by atoms with Crippen LogP contribution in [0.4, 0.5) is 0 Å². The van der Waals surface area contributed by atoms with Crippen molar-refractivity contribution in [3.8, 4) is 5.75 Å². The van der Waals surface area contributed by atoms with E-state index in [9.17, 15) is 14.7 Å². The number of phenolic OH excluding ortho intramolecular Hbond substituents is 1. The van der Waals surface area contributed by atoms with Gasteiger partial charge < -0.3 is 15.2 Å². The van der Waals surface area contributed by atoms with Gasteiger partial charge in [-0.15, -0.1) is 0 Å². The van der Waals surface area contributed by atoms with Crippen LogP contribution in [0.15, 0.2) is 18.2 Å². The molecule has 1 fully saturated rings. The van der Waals surface area contributed by atoms with Gasteiger partial charge in [0.05, 0.1) is 13.0 Å². The van der Waals surface area contributed by atoms with E-state index in [2.05, 4.69) is 5.32 Å². The van der Waals surface area contributed by atoms with Crippen molar-refractivity contribution in [3.63, 3.8) is 0 Å². The number of esters is 1. The third-order valence-electron chi connectivity index (χ3n) is 4.15. The Bertz CT molecular complexity index is 533. The molecule has 1 saturated carbocycles. The quantitative estimate of drug-likeness (QED) is 0.837. The lowest BCUT2D eigenvalue weighted by atomic mass is 9.86. The predicted octanol–water partition coefficient (Wildman–Crippen LogP) is 2.16. The van der Waals surface area contributed by atoms with E-state index in [1.165, 1.54) is 7.11 Å². The second-order valence-electron chi connectivity index (χ2n) is 5.49. The van der Waals surface area contributed by atoms with E-state index >= 15 is 0 Å². The Morgan fingerprint density at radius 2 is 1.90 bits per heavy atom. The van der Waals surface area contributed by atoms with Crippen molar-refractivity contribution >= 4 is 11.9 Å². The zero-order valence-corrected chi connectivity index (χ0v) is 12.4. The van der Waals surface area contributed by atoms with Crippen molar-refractivity contribution in [2.24, 2.45) is 5.92 Å². The summed E-state index contributed by atoms with van der Waals surface area (Å²) in [5.74, 6) is -0.267. The third-order valence-corrected chi connectivity index (χ3v) is 4.15. The fourth-order valence-corrected chi connectivity index (χ4v) is 2.77. The van der Waals surface area contributed by atoms with Gasteiger partial charge in [-0.05, 0) is 44.7 Å². The Morgan fingerprint density at radius 3 is 2.52 bits per heavy atom. The zero-order chi connectivity index (χ0) is 15.4. The number of hydrogen-bond donors (Lipinski definition) is 2. The van der Waals surface area contributed by atoms with Gasteiger partial charge in [0, 0.05) is 17.2 Å². The number of carbonyl (C=O) groups excluding carboxylic acids is 2. The highest BCUT2D eigenvalue weighted by Gasteiger charge is 2.28. The number of methoxy groups -OCH3 is 1. The Kier molecular flexibility index (Phi) is 4.83. The molecule has 1 aliphatic carbocycles. The first-order valence-electron chi connectivity index (χ1n) is 7.20. The van der Waals surface area contributed by atoms with Gasteiger partial charge in [-0.3, -0.25) is 9.59 Å². The number of nitrogens with one attached hydrogen (secondary N) is 1. The number of ether oxygens (including phenoxy) is 1. The minimum Gasteiger partial charge on any atom is -0.508 e. The first kappa shape index (κ1) is 15.4. The molecule has 2 rings (SSSR count). The third kappa shape index (κ3) is 3.54. The minimum atomic E-state index is -0.176. The van der Waals surface area contributed by atoms with Crippen molar-refractivity contribution in [3.05, 3.63) is 29.3 Å². The summed E-state index contributed by atoms with van der Waals surface area (Å²) in [7, 11) is 1.40. The second kappa shape index (κ2) is 6.61. The van der Waals surface area contributed by atoms with E-state index in [0.29, 0.717) is 11.1 Å². The molecule has 5 heteroatoms. The molecule has 21 heavy (non-hydrogen) atoms. The van der Waals surface area contributed by atoms with E-state index in [-0.39, 0.29) is 29.6 Å². The summed E-state index contributed by atoms with van der Waals surface area (Å²) in [5, 5.41) is 12.6. The van der Waals surface area contributed by atoms with E-state index in [1.807, 2.05) is 0 Å². The first-order chi connectivity index (χ1) is 10.0. The van der Waals surface area contributed by atoms with Gasteiger partial charge >= 0.3 is 5.97 Å². The maximum atomic E-state index is 12.2. The number of hydrogen-bond acceptors (Lipinski definition) is 4. The highest BCUT2D eigenvalue weighted by molar-refractivity contribution is 5.96. The van der Waals surface area contributed by atoms with E-state index in [0.717, 1.165) is 25.7 Å². The number of rotatable bonds is 3. The maximum absolute atomic E-state index is 12.2. The molecule has 1 amide bonds. The summed E-state index contributed by atoms with van der Waals surface area (Å²) in [6.45, 7) is 1.72. The smallest absolute Gasteiger partial charge is 0.308 e. The van der Waals surface area contributed by atoms with Gasteiger partial charge in [0.1, 0.15) is 5.75 Å². The van der Waals surface area contributed by atoms with Crippen LogP contribution in [0.3, 0.4) is 0 Å². The topological polar surface area (TPSA) is 75.6 Å². The largest absolute Gasteiger partial charge is 0.508 e. The van der Waals surface area contributed by atoms with Gasteiger partial charge in [0.15, 0.2) is 0 Å². The molecule has 0 aromatic heterocycles. The Hall–Kier alpha value is -2.04. The average Bonchev–Trinajstić information content (AvgIpc) is 2.50. The van der Waals surface area contributed by atoms with Gasteiger partial charge in [-0.25, -0.2) is 0 Å². The molecule has 1 aromatic carbocycles. The SMILES string of the molecule is COC(=O)C1CCC(NC(=O)c2cccc(O)c2C)CC1. The van der Waals surface area contributed by atoms with Gasteiger partial charge in [0.25, 0.3) is 5.91 Å². The average molecular weight is 291 g/mol. The normalized spacial score (nSPS) is 21.6. The van der Waals surface area contributed by atoms with Crippen LogP contribution < -0.4 is 5.32 Å². The summed E-state index contributed by atoms with van der Waals surface area (Å²) in [6, 6.07) is 4.99. The predicted molar refractivity (Wildman–Crippen MR) is 78.1 cm³/mol. The molecule has 5 nitrogen and oxygen atoms in total. The van der Waals surface area contributed by atoms with Crippen molar-refractivity contribution in [1.82, 2.24) is 5.32 Å². The standard InChI is InChI=1S/C16H21NO4/c1-10-13(4-3-5-14(10)18)15(19)17-12-8-6-11(7-9-12)16(20)21-2/h3-5,11-12,18H,6-9H2,1-2H3,(H,17,19).